The van der Waals surface area contributed by atoms with E-state index in [1.165, 1.54) is 24.3 Å². The van der Waals surface area contributed by atoms with E-state index in [9.17, 15) is 22.8 Å². The number of hydrogen-bond acceptors (Lipinski definition) is 6. The zero-order valence-corrected chi connectivity index (χ0v) is 26.0. The van der Waals surface area contributed by atoms with Crippen LogP contribution in [0.4, 0.5) is 13.2 Å². The van der Waals surface area contributed by atoms with Gasteiger partial charge in [0.15, 0.2) is 0 Å². The molecule has 1 amide bonds. The van der Waals surface area contributed by atoms with Gasteiger partial charge in [-0.25, -0.2) is 4.79 Å². The van der Waals surface area contributed by atoms with Gasteiger partial charge in [-0.1, -0.05) is 91.0 Å². The van der Waals surface area contributed by atoms with Crippen molar-refractivity contribution in [3.8, 4) is 5.75 Å². The highest BCUT2D eigenvalue weighted by atomic mass is 19.4. The lowest BCUT2D eigenvalue weighted by Gasteiger charge is -2.35. The summed E-state index contributed by atoms with van der Waals surface area (Å²) < 4.78 is 60.4. The molecule has 4 aromatic rings. The molecule has 5 rings (SSSR count). The third-order valence-electron chi connectivity index (χ3n) is 8.23. The molecule has 3 atom stereocenters. The number of alkyl halides is 3. The van der Waals surface area contributed by atoms with Crippen molar-refractivity contribution in [3.63, 3.8) is 0 Å². The maximum atomic E-state index is 14.6. The predicted octanol–water partition coefficient (Wildman–Crippen LogP) is 6.68. The van der Waals surface area contributed by atoms with E-state index in [2.05, 4.69) is 10.2 Å². The molecule has 1 aliphatic rings. The quantitative estimate of drug-likeness (QED) is 0.183. The standard InChI is InChI=1S/C37H37F3N2O5/c1-45-36(37(38,39)40,30-16-9-4-10-17-30)35(44)47-33-18-11-23-42(24-27-12-5-2-6-13-27)25-32(33)41-34(43)29-19-21-31(22-20-29)46-26-28-14-7-3-8-15-28/h2-10,12-17,19-22,32-33H,11,18,23-26H2,1H3,(H,41,43)/t32-,33-,36+/m0/s1. The molecule has 1 saturated heterocycles. The van der Waals surface area contributed by atoms with Crippen molar-refractivity contribution < 1.29 is 37.0 Å². The second-order valence-electron chi connectivity index (χ2n) is 11.4. The Kier molecular flexibility index (Phi) is 11.0. The van der Waals surface area contributed by atoms with Gasteiger partial charge >= 0.3 is 12.1 Å². The second kappa shape index (κ2) is 15.3. The van der Waals surface area contributed by atoms with Crippen molar-refractivity contribution in [1.29, 1.82) is 0 Å². The molecule has 10 heteroatoms. The highest BCUT2D eigenvalue weighted by Crippen LogP contribution is 2.43. The summed E-state index contributed by atoms with van der Waals surface area (Å²) in [6, 6.07) is 31.9. The Balaban J connectivity index is 1.36. The number of halogens is 3. The Morgan fingerprint density at radius 3 is 2.02 bits per heavy atom. The lowest BCUT2D eigenvalue weighted by Crippen LogP contribution is -2.55. The van der Waals surface area contributed by atoms with Gasteiger partial charge in [0.2, 0.25) is 0 Å². The zero-order valence-electron chi connectivity index (χ0n) is 26.0. The van der Waals surface area contributed by atoms with Gasteiger partial charge in [-0.3, -0.25) is 9.69 Å². The van der Waals surface area contributed by atoms with Crippen molar-refractivity contribution in [3.05, 3.63) is 138 Å². The molecule has 1 aliphatic heterocycles. The summed E-state index contributed by atoms with van der Waals surface area (Å²) in [7, 11) is 0.836. The van der Waals surface area contributed by atoms with E-state index in [1.54, 1.807) is 30.3 Å². The molecule has 7 nitrogen and oxygen atoms in total. The average Bonchev–Trinajstić information content (AvgIpc) is 3.26. The van der Waals surface area contributed by atoms with Crippen LogP contribution in [0, 0.1) is 0 Å². The first-order valence-electron chi connectivity index (χ1n) is 15.4. The Labute approximate surface area is 272 Å². The van der Waals surface area contributed by atoms with Crippen LogP contribution in [-0.4, -0.2) is 55.3 Å². The van der Waals surface area contributed by atoms with Crippen LogP contribution in [0.15, 0.2) is 115 Å². The van der Waals surface area contributed by atoms with E-state index in [4.69, 9.17) is 14.2 Å². The summed E-state index contributed by atoms with van der Waals surface area (Å²) in [5.74, 6) is -1.46. The lowest BCUT2D eigenvalue weighted by atomic mass is 9.92. The van der Waals surface area contributed by atoms with Crippen LogP contribution in [0.25, 0.3) is 0 Å². The molecule has 0 aromatic heterocycles. The van der Waals surface area contributed by atoms with Gasteiger partial charge in [0.25, 0.3) is 11.5 Å². The first-order chi connectivity index (χ1) is 22.7. The number of nitrogens with one attached hydrogen (secondary N) is 1. The first-order valence-corrected chi connectivity index (χ1v) is 15.4. The minimum absolute atomic E-state index is 0.237. The van der Waals surface area contributed by atoms with Crippen LogP contribution >= 0.6 is 0 Å². The van der Waals surface area contributed by atoms with Gasteiger partial charge in [-0.2, -0.15) is 13.2 Å². The number of nitrogens with zero attached hydrogens (tertiary/aromatic N) is 1. The minimum atomic E-state index is -5.12. The average molecular weight is 647 g/mol. The topological polar surface area (TPSA) is 77.1 Å². The fourth-order valence-electron chi connectivity index (χ4n) is 5.77. The molecule has 0 radical (unpaired) electrons. The van der Waals surface area contributed by atoms with Gasteiger partial charge < -0.3 is 19.5 Å². The van der Waals surface area contributed by atoms with Crippen LogP contribution in [0.1, 0.15) is 39.9 Å². The molecule has 0 spiro atoms. The van der Waals surface area contributed by atoms with Crippen LogP contribution in [-0.2, 0) is 33.0 Å². The molecule has 246 valence electrons. The summed E-state index contributed by atoms with van der Waals surface area (Å²) in [5, 5.41) is 2.95. The summed E-state index contributed by atoms with van der Waals surface area (Å²) in [5.41, 5.74) is -1.37. The number of likely N-dealkylation sites (tertiary alicyclic amines) is 1. The fourth-order valence-corrected chi connectivity index (χ4v) is 5.77. The van der Waals surface area contributed by atoms with E-state index >= 15 is 0 Å². The van der Waals surface area contributed by atoms with E-state index in [0.29, 0.717) is 37.4 Å². The maximum absolute atomic E-state index is 14.6. The zero-order chi connectivity index (χ0) is 33.3. The molecule has 47 heavy (non-hydrogen) atoms. The van der Waals surface area contributed by atoms with Crippen molar-refractivity contribution >= 4 is 11.9 Å². The van der Waals surface area contributed by atoms with Gasteiger partial charge in [0.1, 0.15) is 18.5 Å². The SMILES string of the molecule is CO[C@@](C(=O)O[C@H]1CCCN(Cc2ccccc2)C[C@@H]1NC(=O)c1ccc(OCc2ccccc2)cc1)(c1ccccc1)C(F)(F)F. The highest BCUT2D eigenvalue weighted by Gasteiger charge is 2.64. The predicted molar refractivity (Wildman–Crippen MR) is 170 cm³/mol. The number of amides is 1. The largest absolute Gasteiger partial charge is 0.489 e. The minimum Gasteiger partial charge on any atom is -0.489 e. The van der Waals surface area contributed by atoms with Crippen molar-refractivity contribution in [2.45, 2.75) is 49.9 Å². The van der Waals surface area contributed by atoms with E-state index in [-0.39, 0.29) is 13.0 Å². The maximum Gasteiger partial charge on any atom is 0.432 e. The van der Waals surface area contributed by atoms with Crippen molar-refractivity contribution in [2.24, 2.45) is 0 Å². The number of esters is 1. The Morgan fingerprint density at radius 1 is 0.830 bits per heavy atom. The summed E-state index contributed by atoms with van der Waals surface area (Å²) in [6.07, 6.45) is -5.41. The molecule has 1 N–H and O–H groups in total. The van der Waals surface area contributed by atoms with Crippen molar-refractivity contribution in [1.82, 2.24) is 10.2 Å². The second-order valence-corrected chi connectivity index (χ2v) is 11.4. The number of ether oxygens (including phenoxy) is 3. The molecule has 0 unspecified atom stereocenters. The Hall–Kier alpha value is -4.67. The van der Waals surface area contributed by atoms with E-state index in [0.717, 1.165) is 18.2 Å². The lowest BCUT2D eigenvalue weighted by molar-refractivity contribution is -0.278. The third-order valence-corrected chi connectivity index (χ3v) is 8.23. The first kappa shape index (κ1) is 33.7. The molecule has 4 aromatic carbocycles. The van der Waals surface area contributed by atoms with Gasteiger partial charge in [-0.15, -0.1) is 0 Å². The normalized spacial score (nSPS) is 18.4. The summed E-state index contributed by atoms with van der Waals surface area (Å²) in [6.45, 7) is 1.75. The van der Waals surface area contributed by atoms with Crippen LogP contribution < -0.4 is 10.1 Å². The molecule has 0 aliphatic carbocycles. The molecule has 0 saturated carbocycles. The molecular weight excluding hydrogens is 609 g/mol. The van der Waals surface area contributed by atoms with Crippen LogP contribution in [0.2, 0.25) is 0 Å². The number of benzene rings is 4. The number of hydrogen-bond donors (Lipinski definition) is 1. The molecule has 0 bridgehead atoms. The molecule has 1 fully saturated rings. The number of carbonyl (C=O) groups is 2. The molecule has 1 heterocycles. The number of methoxy groups -OCH3 is 1. The van der Waals surface area contributed by atoms with Gasteiger partial charge in [0.05, 0.1) is 6.04 Å². The Morgan fingerprint density at radius 2 is 1.43 bits per heavy atom. The van der Waals surface area contributed by atoms with Gasteiger partial charge in [-0.05, 0) is 54.8 Å². The Bertz CT molecular complexity index is 1590. The smallest absolute Gasteiger partial charge is 0.432 e. The molecular formula is C37H37F3N2O5. The van der Waals surface area contributed by atoms with Crippen molar-refractivity contribution in [2.75, 3.05) is 20.2 Å². The summed E-state index contributed by atoms with van der Waals surface area (Å²) >= 11 is 0. The monoisotopic (exact) mass is 646 g/mol. The van der Waals surface area contributed by atoms with Gasteiger partial charge in [0, 0.05) is 31.3 Å². The number of carbonyl (C=O) groups excluding carboxylic acids is 2. The summed E-state index contributed by atoms with van der Waals surface area (Å²) in [4.78, 5) is 29.2. The fraction of sp³-hybridized carbons (Fsp3) is 0.297. The third kappa shape index (κ3) is 8.19. The van der Waals surface area contributed by atoms with E-state index in [1.807, 2.05) is 60.7 Å². The number of rotatable bonds is 11. The van der Waals surface area contributed by atoms with Crippen LogP contribution in [0.5, 0.6) is 5.75 Å². The van der Waals surface area contributed by atoms with Crippen LogP contribution in [0.3, 0.4) is 0 Å². The highest BCUT2D eigenvalue weighted by molar-refractivity contribution is 5.94. The van der Waals surface area contributed by atoms with E-state index < -0.39 is 41.4 Å².